The molecule has 0 fully saturated rings. The first-order valence-electron chi connectivity index (χ1n) is 3.64. The van der Waals surface area contributed by atoms with E-state index in [9.17, 15) is 0 Å². The van der Waals surface area contributed by atoms with Crippen molar-refractivity contribution in [1.29, 1.82) is 0 Å². The molecular weight excluding hydrogens is 464 g/mol. The molecule has 0 heterocycles. The van der Waals surface area contributed by atoms with Crippen molar-refractivity contribution in [2.24, 2.45) is 0 Å². The Bertz CT molecular complexity index is 165. The molecule has 2 aromatic rings. The summed E-state index contributed by atoms with van der Waals surface area (Å²) in [5.74, 6) is 0. The molecule has 0 aliphatic heterocycles. The maximum Gasteiger partial charge on any atom is -0.172 e. The SMILES string of the molecule is [Br][W][Br].c1cc[cH-]c1.c1cc[cH-]c1. The first-order chi connectivity index (χ1) is 6.41. The van der Waals surface area contributed by atoms with Crippen LogP contribution in [0, 0.1) is 0 Å². The molecule has 13 heavy (non-hydrogen) atoms. The van der Waals surface area contributed by atoms with Crippen LogP contribution in [-0.2, 0) is 14.5 Å². The summed E-state index contributed by atoms with van der Waals surface area (Å²) < 4.78 is 0. The Morgan fingerprint density at radius 3 is 1.00 bits per heavy atom. The second-order valence-electron chi connectivity index (χ2n) is 1.98. The minimum Gasteiger partial charge on any atom is -0.214 e. The van der Waals surface area contributed by atoms with Gasteiger partial charge in [0, 0.05) is 0 Å². The second-order valence-corrected chi connectivity index (χ2v) is 14.8. The summed E-state index contributed by atoms with van der Waals surface area (Å²) in [7, 11) is 0. The van der Waals surface area contributed by atoms with Crippen LogP contribution < -0.4 is 0 Å². The zero-order chi connectivity index (χ0) is 9.78. The van der Waals surface area contributed by atoms with Gasteiger partial charge in [-0.15, -0.1) is 0 Å². The summed E-state index contributed by atoms with van der Waals surface area (Å²) >= 11 is 6.33. The number of hydrogen-bond acceptors (Lipinski definition) is 0. The van der Waals surface area contributed by atoms with E-state index in [-0.39, 0.29) is 14.5 Å². The van der Waals surface area contributed by atoms with Gasteiger partial charge < -0.3 is 0 Å². The standard InChI is InChI=1S/2C5H5.2BrH.W/c2*1-2-4-5-3-1;;;/h2*1-5H;2*1H;/q2*-1;;;+2/p-2. The van der Waals surface area contributed by atoms with Crippen LogP contribution in [0.4, 0.5) is 0 Å². The minimum atomic E-state index is -0.125. The number of hydrogen-bond donors (Lipinski definition) is 0. The van der Waals surface area contributed by atoms with Crippen LogP contribution in [0.5, 0.6) is 0 Å². The van der Waals surface area contributed by atoms with Gasteiger partial charge in [0.25, 0.3) is 0 Å². The predicted molar refractivity (Wildman–Crippen MR) is 61.9 cm³/mol. The quantitative estimate of drug-likeness (QED) is 0.494. The molecular formula is C10H10Br2W-2. The molecule has 0 radical (unpaired) electrons. The predicted octanol–water partition coefficient (Wildman–Crippen LogP) is 4.50. The van der Waals surface area contributed by atoms with Gasteiger partial charge in [0.2, 0.25) is 0 Å². The summed E-state index contributed by atoms with van der Waals surface area (Å²) in [5, 5.41) is 0. The third-order valence-electron chi connectivity index (χ3n) is 1.11. The molecule has 0 nitrogen and oxygen atoms in total. The topological polar surface area (TPSA) is 0 Å². The van der Waals surface area contributed by atoms with Crippen molar-refractivity contribution < 1.29 is 14.5 Å². The largest absolute Gasteiger partial charge is 0.214 e. The molecule has 2 rings (SSSR count). The van der Waals surface area contributed by atoms with E-state index in [0.717, 1.165) is 0 Å². The average molecular weight is 474 g/mol. The molecule has 0 saturated carbocycles. The summed E-state index contributed by atoms with van der Waals surface area (Å²) in [5.41, 5.74) is 0. The van der Waals surface area contributed by atoms with Gasteiger partial charge >= 0.3 is 41.0 Å². The molecule has 3 heteroatoms. The van der Waals surface area contributed by atoms with Gasteiger partial charge in [-0.2, -0.15) is 36.4 Å². The van der Waals surface area contributed by atoms with Gasteiger partial charge in [0.1, 0.15) is 0 Å². The average Bonchev–Trinajstić information content (AvgIpc) is 2.85. The Labute approximate surface area is 101 Å². The van der Waals surface area contributed by atoms with E-state index in [1.54, 1.807) is 0 Å². The zero-order valence-corrected chi connectivity index (χ0v) is 13.0. The smallest absolute Gasteiger partial charge is 0.172 e. The van der Waals surface area contributed by atoms with Crippen LogP contribution in [0.15, 0.2) is 60.7 Å². The van der Waals surface area contributed by atoms with E-state index in [2.05, 4.69) is 26.6 Å². The summed E-state index contributed by atoms with van der Waals surface area (Å²) in [6, 6.07) is 20.0. The van der Waals surface area contributed by atoms with Crippen molar-refractivity contribution in [2.45, 2.75) is 0 Å². The van der Waals surface area contributed by atoms with Crippen molar-refractivity contribution in [3.05, 3.63) is 60.7 Å². The van der Waals surface area contributed by atoms with Crippen LogP contribution >= 0.6 is 26.6 Å². The summed E-state index contributed by atoms with van der Waals surface area (Å²) in [6.07, 6.45) is 0. The van der Waals surface area contributed by atoms with Gasteiger partial charge in [0.15, 0.2) is 0 Å². The van der Waals surface area contributed by atoms with Crippen LogP contribution in [0.25, 0.3) is 0 Å². The molecule has 0 N–H and O–H groups in total. The van der Waals surface area contributed by atoms with Gasteiger partial charge in [-0.25, -0.2) is 24.3 Å². The molecule has 0 aliphatic rings. The van der Waals surface area contributed by atoms with E-state index in [0.29, 0.717) is 0 Å². The Kier molecular flexibility index (Phi) is 12.7. The Hall–Kier alpha value is 0.348. The van der Waals surface area contributed by atoms with Gasteiger partial charge in [-0.05, 0) is 0 Å². The molecule has 72 valence electrons. The molecule has 0 atom stereocenters. The minimum absolute atomic E-state index is 0.125. The molecule has 0 unspecified atom stereocenters. The first-order valence-corrected chi connectivity index (χ1v) is 16.5. The Balaban J connectivity index is 0.000000174. The van der Waals surface area contributed by atoms with Crippen LogP contribution in [0.2, 0.25) is 0 Å². The van der Waals surface area contributed by atoms with Crippen molar-refractivity contribution in [2.75, 3.05) is 0 Å². The van der Waals surface area contributed by atoms with Crippen molar-refractivity contribution in [3.8, 4) is 0 Å². The fraction of sp³-hybridized carbons (Fsp3) is 0. The van der Waals surface area contributed by atoms with E-state index >= 15 is 0 Å². The normalized spacial score (nSPS) is 7.54. The molecule has 0 aromatic heterocycles. The van der Waals surface area contributed by atoms with Crippen LogP contribution in [0.3, 0.4) is 0 Å². The van der Waals surface area contributed by atoms with Crippen LogP contribution in [0.1, 0.15) is 0 Å². The summed E-state index contributed by atoms with van der Waals surface area (Å²) in [4.78, 5) is 0. The third kappa shape index (κ3) is 12.3. The van der Waals surface area contributed by atoms with Crippen molar-refractivity contribution >= 4 is 26.6 Å². The maximum absolute atomic E-state index is 3.23. The summed E-state index contributed by atoms with van der Waals surface area (Å²) in [6.45, 7) is 0. The van der Waals surface area contributed by atoms with E-state index in [1.165, 1.54) is 0 Å². The second kappa shape index (κ2) is 12.3. The van der Waals surface area contributed by atoms with Crippen molar-refractivity contribution in [3.63, 3.8) is 0 Å². The molecule has 0 saturated heterocycles. The van der Waals surface area contributed by atoms with E-state index in [4.69, 9.17) is 0 Å². The third-order valence-corrected chi connectivity index (χ3v) is 1.11. The van der Waals surface area contributed by atoms with Gasteiger partial charge in [-0.3, -0.25) is 0 Å². The van der Waals surface area contributed by atoms with Crippen LogP contribution in [-0.4, -0.2) is 0 Å². The Morgan fingerprint density at radius 2 is 0.923 bits per heavy atom. The Morgan fingerprint density at radius 1 is 0.692 bits per heavy atom. The molecule has 0 spiro atoms. The number of rotatable bonds is 0. The number of halogens is 2. The van der Waals surface area contributed by atoms with Crippen molar-refractivity contribution in [1.82, 2.24) is 0 Å². The first kappa shape index (κ1) is 13.3. The molecule has 0 bridgehead atoms. The maximum atomic E-state index is 3.23. The van der Waals surface area contributed by atoms with E-state index in [1.807, 2.05) is 60.7 Å². The zero-order valence-electron chi connectivity index (χ0n) is 6.94. The molecule has 0 amide bonds. The van der Waals surface area contributed by atoms with E-state index < -0.39 is 0 Å². The fourth-order valence-electron chi connectivity index (χ4n) is 0.642. The molecule has 2 aromatic carbocycles. The molecule has 0 aliphatic carbocycles. The monoisotopic (exact) mass is 472 g/mol. The fourth-order valence-corrected chi connectivity index (χ4v) is 0.642. The van der Waals surface area contributed by atoms with Gasteiger partial charge in [0.05, 0.1) is 0 Å². The van der Waals surface area contributed by atoms with Gasteiger partial charge in [-0.1, -0.05) is 0 Å².